The van der Waals surface area contributed by atoms with Crippen LogP contribution in [0.4, 0.5) is 0 Å². The number of aliphatic imine (C=N–C) groups is 1. The minimum absolute atomic E-state index is 0.101. The number of amides is 1. The van der Waals surface area contributed by atoms with E-state index >= 15 is 0 Å². The maximum atomic E-state index is 12.7. The minimum atomic E-state index is -0.258. The van der Waals surface area contributed by atoms with Crippen LogP contribution in [0.2, 0.25) is 0 Å². The molecule has 1 heterocycles. The number of carbonyl (C=O) groups excluding carboxylic acids is 1. The van der Waals surface area contributed by atoms with E-state index in [1.54, 1.807) is 19.1 Å². The number of hydrogen-bond acceptors (Lipinski definition) is 4. The summed E-state index contributed by atoms with van der Waals surface area (Å²) in [6.07, 6.45) is 5.55. The highest BCUT2D eigenvalue weighted by Crippen LogP contribution is 2.27. The summed E-state index contributed by atoms with van der Waals surface area (Å²) in [4.78, 5) is 19.0. The van der Waals surface area contributed by atoms with Crippen LogP contribution in [-0.4, -0.2) is 42.9 Å². The second-order valence-corrected chi connectivity index (χ2v) is 8.45. The Kier molecular flexibility index (Phi) is 6.68. The second kappa shape index (κ2) is 8.59. The molecule has 2 rings (SSSR count). The monoisotopic (exact) mass is 371 g/mol. The van der Waals surface area contributed by atoms with Crippen molar-refractivity contribution >= 4 is 17.8 Å². The van der Waals surface area contributed by atoms with Crippen LogP contribution in [0.25, 0.3) is 6.08 Å². The van der Waals surface area contributed by atoms with Gasteiger partial charge in [0.2, 0.25) is 0 Å². The number of benzene rings is 1. The third-order valence-electron chi connectivity index (χ3n) is 4.82. The van der Waals surface area contributed by atoms with Gasteiger partial charge in [-0.1, -0.05) is 13.8 Å². The molecule has 1 aromatic carbocycles. The number of hydrogen-bond donors (Lipinski definition) is 1. The highest BCUT2D eigenvalue weighted by Gasteiger charge is 2.26. The number of amidine groups is 1. The Morgan fingerprint density at radius 2 is 2.04 bits per heavy atom. The summed E-state index contributed by atoms with van der Waals surface area (Å²) in [6.45, 7) is 11.0. The van der Waals surface area contributed by atoms with Crippen LogP contribution < -0.4 is 10.1 Å². The molecule has 0 aliphatic carbocycles. The summed E-state index contributed by atoms with van der Waals surface area (Å²) >= 11 is 0. The van der Waals surface area contributed by atoms with Gasteiger partial charge in [-0.25, -0.2) is 0 Å². The average molecular weight is 372 g/mol. The number of methoxy groups -OCH3 is 1. The van der Waals surface area contributed by atoms with Gasteiger partial charge in [-0.2, -0.15) is 0 Å². The number of ether oxygens (including phenoxy) is 1. The average Bonchev–Trinajstić information content (AvgIpc) is 2.68. The van der Waals surface area contributed by atoms with Gasteiger partial charge >= 0.3 is 0 Å². The Morgan fingerprint density at radius 1 is 1.33 bits per heavy atom. The van der Waals surface area contributed by atoms with Crippen LogP contribution >= 0.6 is 0 Å². The molecule has 0 saturated carbocycles. The summed E-state index contributed by atoms with van der Waals surface area (Å²) in [5, 5.41) is 3.09. The van der Waals surface area contributed by atoms with Crippen molar-refractivity contribution in [2.24, 2.45) is 10.9 Å². The smallest absolute Gasteiger partial charge is 0.289 e. The van der Waals surface area contributed by atoms with E-state index in [0.29, 0.717) is 18.3 Å². The first-order chi connectivity index (χ1) is 12.6. The van der Waals surface area contributed by atoms with Gasteiger partial charge in [-0.05, 0) is 74.4 Å². The van der Waals surface area contributed by atoms with Crippen LogP contribution in [-0.2, 0) is 17.6 Å². The Morgan fingerprint density at radius 3 is 2.63 bits per heavy atom. The Bertz CT molecular complexity index is 743. The fourth-order valence-corrected chi connectivity index (χ4v) is 2.98. The first-order valence-electron chi connectivity index (χ1n) is 9.59. The fraction of sp³-hybridized carbons (Fsp3) is 0.545. The standard InChI is InChI=1S/C22H33N3O2/c1-15(2)12-18-13-16-8-10-23-20(21(26)25(6)22(3,4)5)24-11-9-17(16)14-19(18)27-7/h8,10,13-15H,9,11-12H2,1-7H3,(H,23,24)/b10-8+. The summed E-state index contributed by atoms with van der Waals surface area (Å²) in [6, 6.07) is 4.31. The molecule has 5 nitrogen and oxygen atoms in total. The van der Waals surface area contributed by atoms with Crippen LogP contribution in [0.15, 0.2) is 23.3 Å². The third-order valence-corrected chi connectivity index (χ3v) is 4.82. The van der Waals surface area contributed by atoms with Crippen molar-refractivity contribution in [1.29, 1.82) is 0 Å². The summed E-state index contributed by atoms with van der Waals surface area (Å²) in [7, 11) is 3.52. The molecule has 1 N–H and O–H groups in total. The van der Waals surface area contributed by atoms with Crippen LogP contribution in [0, 0.1) is 5.92 Å². The topological polar surface area (TPSA) is 53.9 Å². The molecule has 0 saturated heterocycles. The lowest BCUT2D eigenvalue weighted by Crippen LogP contribution is -2.48. The first kappa shape index (κ1) is 21.0. The van der Waals surface area contributed by atoms with Gasteiger partial charge in [-0.15, -0.1) is 0 Å². The molecule has 1 aliphatic heterocycles. The predicted molar refractivity (Wildman–Crippen MR) is 112 cm³/mol. The lowest BCUT2D eigenvalue weighted by atomic mass is 9.95. The van der Waals surface area contributed by atoms with Crippen molar-refractivity contribution in [2.75, 3.05) is 20.7 Å². The van der Waals surface area contributed by atoms with Gasteiger partial charge in [0.15, 0.2) is 5.84 Å². The van der Waals surface area contributed by atoms with E-state index in [-0.39, 0.29) is 11.4 Å². The zero-order chi connectivity index (χ0) is 20.2. The van der Waals surface area contributed by atoms with Gasteiger partial charge in [0.1, 0.15) is 5.75 Å². The Hall–Kier alpha value is -2.30. The molecular weight excluding hydrogens is 338 g/mol. The van der Waals surface area contributed by atoms with Crippen molar-refractivity contribution in [1.82, 2.24) is 10.2 Å². The van der Waals surface area contributed by atoms with E-state index in [1.165, 1.54) is 11.1 Å². The molecule has 0 spiro atoms. The Balaban J connectivity index is 2.30. The lowest BCUT2D eigenvalue weighted by molar-refractivity contribution is -0.127. The van der Waals surface area contributed by atoms with Gasteiger partial charge < -0.3 is 15.0 Å². The molecule has 0 aromatic heterocycles. The molecule has 5 heteroatoms. The molecule has 0 unspecified atom stereocenters. The van der Waals surface area contributed by atoms with Gasteiger partial charge in [0.25, 0.3) is 5.91 Å². The van der Waals surface area contributed by atoms with Gasteiger partial charge in [0.05, 0.1) is 7.11 Å². The molecular formula is C22H33N3O2. The molecule has 0 radical (unpaired) electrons. The van der Waals surface area contributed by atoms with Crippen molar-refractivity contribution in [3.8, 4) is 5.75 Å². The molecule has 1 aliphatic rings. The van der Waals surface area contributed by atoms with E-state index in [4.69, 9.17) is 4.74 Å². The third kappa shape index (κ3) is 5.34. The number of nitrogens with one attached hydrogen (secondary N) is 1. The molecule has 1 aromatic rings. The first-order valence-corrected chi connectivity index (χ1v) is 9.59. The largest absolute Gasteiger partial charge is 0.496 e. The van der Waals surface area contributed by atoms with Crippen LogP contribution in [0.5, 0.6) is 5.75 Å². The van der Waals surface area contributed by atoms with Gasteiger partial charge in [0, 0.05) is 25.3 Å². The molecule has 0 atom stereocenters. The van der Waals surface area contributed by atoms with Crippen LogP contribution in [0.1, 0.15) is 51.3 Å². The summed E-state index contributed by atoms with van der Waals surface area (Å²) in [5.41, 5.74) is 3.27. The molecule has 27 heavy (non-hydrogen) atoms. The summed E-state index contributed by atoms with van der Waals surface area (Å²) < 4.78 is 5.61. The molecule has 0 fully saturated rings. The van der Waals surface area contributed by atoms with Crippen molar-refractivity contribution in [3.63, 3.8) is 0 Å². The maximum absolute atomic E-state index is 12.7. The van der Waals surface area contributed by atoms with Crippen molar-refractivity contribution < 1.29 is 9.53 Å². The number of carbonyl (C=O) groups is 1. The van der Waals surface area contributed by atoms with Crippen molar-refractivity contribution in [3.05, 3.63) is 35.0 Å². The van der Waals surface area contributed by atoms with E-state index in [2.05, 4.69) is 36.3 Å². The SMILES string of the molecule is COc1cc2c(cc1CC(C)C)/C=C/NC(C(=O)N(C)C(C)(C)C)=NCC2. The molecule has 148 valence electrons. The highest BCUT2D eigenvalue weighted by atomic mass is 16.5. The number of nitrogens with zero attached hydrogens (tertiary/aromatic N) is 2. The zero-order valence-corrected chi connectivity index (χ0v) is 17.7. The maximum Gasteiger partial charge on any atom is 0.289 e. The van der Waals surface area contributed by atoms with Crippen LogP contribution in [0.3, 0.4) is 0 Å². The number of fused-ring (bicyclic) bond motifs is 1. The van der Waals surface area contributed by atoms with Crippen molar-refractivity contribution in [2.45, 2.75) is 53.0 Å². The Labute approximate surface area is 163 Å². The number of rotatable bonds is 4. The number of likely N-dealkylation sites (N-methyl/N-ethyl adjacent to an activating group) is 1. The quantitative estimate of drug-likeness (QED) is 0.879. The van der Waals surface area contributed by atoms with E-state index < -0.39 is 0 Å². The zero-order valence-electron chi connectivity index (χ0n) is 17.7. The van der Waals surface area contributed by atoms with Gasteiger partial charge in [-0.3, -0.25) is 9.79 Å². The summed E-state index contributed by atoms with van der Waals surface area (Å²) in [5.74, 6) is 1.76. The van der Waals surface area contributed by atoms with E-state index in [9.17, 15) is 4.79 Å². The highest BCUT2D eigenvalue weighted by molar-refractivity contribution is 6.38. The second-order valence-electron chi connectivity index (χ2n) is 8.45. The normalized spacial score (nSPS) is 15.6. The predicted octanol–water partition coefficient (Wildman–Crippen LogP) is 3.67. The molecule has 0 bridgehead atoms. The van der Waals surface area contributed by atoms with E-state index in [0.717, 1.165) is 24.2 Å². The minimum Gasteiger partial charge on any atom is -0.496 e. The fourth-order valence-electron chi connectivity index (χ4n) is 2.98. The van der Waals surface area contributed by atoms with E-state index in [1.807, 2.05) is 33.0 Å². The molecule has 1 amide bonds. The lowest BCUT2D eigenvalue weighted by Gasteiger charge is -2.32.